The van der Waals surface area contributed by atoms with E-state index in [0.29, 0.717) is 5.82 Å². The monoisotopic (exact) mass is 198 g/mol. The molecule has 0 bridgehead atoms. The van der Waals surface area contributed by atoms with Crippen LogP contribution in [0.3, 0.4) is 0 Å². The first-order chi connectivity index (χ1) is 3.79. The van der Waals surface area contributed by atoms with Gasteiger partial charge in [-0.15, -0.1) is 0 Å². The molecule has 0 aliphatic heterocycles. The summed E-state index contributed by atoms with van der Waals surface area (Å²) >= 11 is 0. The second-order valence-corrected chi connectivity index (χ2v) is 1.34. The van der Waals surface area contributed by atoms with Crippen LogP contribution in [0.25, 0.3) is 0 Å². The molecule has 4 nitrogen and oxygen atoms in total. The van der Waals surface area contributed by atoms with Gasteiger partial charge in [0.2, 0.25) is 0 Å². The third-order valence-corrected chi connectivity index (χ3v) is 0.653. The molecule has 0 aromatic carbocycles. The molecule has 1 aromatic heterocycles. The number of rotatable bonds is 0. The first-order valence-electron chi connectivity index (χ1n) is 2.13. The summed E-state index contributed by atoms with van der Waals surface area (Å²) in [5.41, 5.74) is 5.17. The Kier molecular flexibility index (Phi) is 3.81. The molecule has 9 heavy (non-hydrogen) atoms. The largest absolute Gasteiger partial charge is 0.420 e. The van der Waals surface area contributed by atoms with E-state index in [9.17, 15) is 0 Å². The van der Waals surface area contributed by atoms with Gasteiger partial charge in [-0.3, -0.25) is 0 Å². The van der Waals surface area contributed by atoms with Gasteiger partial charge in [0.25, 0.3) is 0 Å². The van der Waals surface area contributed by atoms with Crippen LogP contribution in [-0.4, -0.2) is 15.0 Å². The summed E-state index contributed by atoms with van der Waals surface area (Å²) in [6, 6.07) is 0. The van der Waals surface area contributed by atoms with Gasteiger partial charge in [0, 0.05) is 44.9 Å². The molecule has 45 valence electrons. The molecule has 1 heterocycles. The van der Waals surface area contributed by atoms with Gasteiger partial charge >= 0.3 is 0 Å². The molecule has 1 aromatic rings. The normalized spacial score (nSPS) is 8.11. The van der Waals surface area contributed by atoms with Crippen molar-refractivity contribution in [2.24, 2.45) is 0 Å². The summed E-state index contributed by atoms with van der Waals surface area (Å²) in [5.74, 6) is 0.815. The van der Waals surface area contributed by atoms with E-state index in [0.717, 1.165) is 0 Å². The topological polar surface area (TPSA) is 64.7 Å². The second-order valence-electron chi connectivity index (χ2n) is 1.34. The summed E-state index contributed by atoms with van der Waals surface area (Å²) in [7, 11) is 0. The average Bonchev–Trinajstić information content (AvgIpc) is 1.64. The summed E-state index contributed by atoms with van der Waals surface area (Å²) in [6.45, 7) is 1.73. The molecule has 0 spiro atoms. The number of hydrogen-bond donors (Lipinski definition) is 1. The van der Waals surface area contributed by atoms with E-state index in [-0.39, 0.29) is 38.7 Å². The molecule has 0 amide bonds. The first kappa shape index (κ1) is 8.91. The van der Waals surface area contributed by atoms with Crippen molar-refractivity contribution >= 4 is 5.95 Å². The average molecular weight is 198 g/mol. The van der Waals surface area contributed by atoms with Gasteiger partial charge in [-0.2, -0.15) is 0 Å². The van der Waals surface area contributed by atoms with Crippen molar-refractivity contribution in [3.05, 3.63) is 12.2 Å². The Morgan fingerprint density at radius 1 is 1.44 bits per heavy atom. The molecule has 0 saturated carbocycles. The van der Waals surface area contributed by atoms with Crippen molar-refractivity contribution in [1.29, 1.82) is 0 Å². The van der Waals surface area contributed by atoms with E-state index in [1.54, 1.807) is 6.92 Å². The van der Waals surface area contributed by atoms with Gasteiger partial charge in [0.15, 0.2) is 0 Å². The smallest absolute Gasteiger partial charge is 0.106 e. The van der Waals surface area contributed by atoms with Crippen LogP contribution in [0.15, 0.2) is 0 Å². The number of anilines is 1. The van der Waals surface area contributed by atoms with E-state index in [1.807, 2.05) is 0 Å². The molecule has 0 aliphatic rings. The molecular formula is C4H5N4Y-. The summed E-state index contributed by atoms with van der Waals surface area (Å²) in [5, 5.41) is 0. The Morgan fingerprint density at radius 3 is 2.44 bits per heavy atom. The molecule has 2 N–H and O–H groups in total. The molecule has 0 unspecified atom stereocenters. The van der Waals surface area contributed by atoms with Crippen LogP contribution in [0.2, 0.25) is 0 Å². The van der Waals surface area contributed by atoms with E-state index in [1.165, 1.54) is 0 Å². The van der Waals surface area contributed by atoms with Crippen molar-refractivity contribution in [3.8, 4) is 0 Å². The molecule has 1 rings (SSSR count). The summed E-state index contributed by atoms with van der Waals surface area (Å²) in [6.07, 6.45) is 2.34. The second kappa shape index (κ2) is 3.85. The summed E-state index contributed by atoms with van der Waals surface area (Å²) < 4.78 is 0. The van der Waals surface area contributed by atoms with Crippen LogP contribution >= 0.6 is 0 Å². The first-order valence-corrected chi connectivity index (χ1v) is 2.13. The number of nitrogens with two attached hydrogens (primary N) is 1. The SMILES string of the molecule is Cc1n[c-]nc(N)n1.[Y]. The number of nitrogens with zero attached hydrogens (tertiary/aromatic N) is 3. The minimum atomic E-state index is 0. The number of hydrogen-bond acceptors (Lipinski definition) is 4. The minimum absolute atomic E-state index is 0. The number of nitrogen functional groups attached to an aromatic ring is 1. The molecule has 5 heteroatoms. The van der Waals surface area contributed by atoms with Crippen LogP contribution < -0.4 is 5.73 Å². The van der Waals surface area contributed by atoms with Gasteiger partial charge in [-0.1, -0.05) is 6.92 Å². The molecule has 0 atom stereocenters. The van der Waals surface area contributed by atoms with E-state index < -0.39 is 0 Å². The fourth-order valence-corrected chi connectivity index (χ4v) is 0.364. The molecule has 0 saturated heterocycles. The van der Waals surface area contributed by atoms with E-state index in [4.69, 9.17) is 5.73 Å². The summed E-state index contributed by atoms with van der Waals surface area (Å²) in [4.78, 5) is 10.8. The standard InChI is InChI=1S/C4H5N4.Y/c1-3-6-2-7-4(5)8-3;/h1H3,(H2,5,6,7,8);/q-1;. The predicted molar refractivity (Wildman–Crippen MR) is 27.8 cm³/mol. The van der Waals surface area contributed by atoms with Crippen molar-refractivity contribution in [2.75, 3.05) is 5.73 Å². The van der Waals surface area contributed by atoms with Gasteiger partial charge in [0.05, 0.1) is 0 Å². The van der Waals surface area contributed by atoms with Crippen LogP contribution in [0.4, 0.5) is 5.95 Å². The van der Waals surface area contributed by atoms with Crippen molar-refractivity contribution in [2.45, 2.75) is 6.92 Å². The fraction of sp³-hybridized carbons (Fsp3) is 0.250. The molecule has 0 fully saturated rings. The van der Waals surface area contributed by atoms with Crippen molar-refractivity contribution < 1.29 is 32.7 Å². The zero-order valence-electron chi connectivity index (χ0n) is 5.00. The zero-order valence-corrected chi connectivity index (χ0v) is 7.83. The van der Waals surface area contributed by atoms with Crippen LogP contribution in [0, 0.1) is 13.3 Å². The van der Waals surface area contributed by atoms with Gasteiger partial charge < -0.3 is 20.7 Å². The maximum absolute atomic E-state index is 5.17. The van der Waals surface area contributed by atoms with Gasteiger partial charge in [0.1, 0.15) is 5.95 Å². The molecule has 0 aliphatic carbocycles. The number of aryl methyl sites for hydroxylation is 1. The van der Waals surface area contributed by atoms with Crippen LogP contribution in [-0.2, 0) is 32.7 Å². The van der Waals surface area contributed by atoms with Crippen LogP contribution in [0.1, 0.15) is 5.82 Å². The van der Waals surface area contributed by atoms with E-state index >= 15 is 0 Å². The zero-order chi connectivity index (χ0) is 5.98. The Balaban J connectivity index is 0.000000640. The predicted octanol–water partition coefficient (Wildman–Crippen LogP) is -0.440. The van der Waals surface area contributed by atoms with Gasteiger partial charge in [-0.25, -0.2) is 0 Å². The van der Waals surface area contributed by atoms with Crippen molar-refractivity contribution in [3.63, 3.8) is 0 Å². The maximum atomic E-state index is 5.17. The fourth-order valence-electron chi connectivity index (χ4n) is 0.364. The minimum Gasteiger partial charge on any atom is -0.420 e. The van der Waals surface area contributed by atoms with Gasteiger partial charge in [-0.05, 0) is 0 Å². The molecular weight excluding hydrogens is 193 g/mol. The van der Waals surface area contributed by atoms with Crippen LogP contribution in [0.5, 0.6) is 0 Å². The van der Waals surface area contributed by atoms with Crippen molar-refractivity contribution in [1.82, 2.24) is 15.0 Å². The maximum Gasteiger partial charge on any atom is 0.106 e. The van der Waals surface area contributed by atoms with E-state index in [2.05, 4.69) is 21.3 Å². The quantitative estimate of drug-likeness (QED) is 0.574. The Morgan fingerprint density at radius 2 is 2.11 bits per heavy atom. The Bertz CT molecular complexity index is 172. The third kappa shape index (κ3) is 2.82. The Labute approximate surface area is 78.2 Å². The third-order valence-electron chi connectivity index (χ3n) is 0.653. The Hall–Kier alpha value is -0.0861. The molecule has 1 radical (unpaired) electrons. The number of aromatic nitrogens is 3.